The summed E-state index contributed by atoms with van der Waals surface area (Å²) in [6.45, 7) is 8.02. The summed E-state index contributed by atoms with van der Waals surface area (Å²) in [6, 6.07) is 5.57. The first-order chi connectivity index (χ1) is 9.75. The predicted octanol–water partition coefficient (Wildman–Crippen LogP) is 3.39. The van der Waals surface area contributed by atoms with Gasteiger partial charge in [-0.05, 0) is 51.4 Å². The molecular weight excluding hydrogens is 290 g/mol. The van der Waals surface area contributed by atoms with Crippen LogP contribution in [0.2, 0.25) is 5.22 Å². The first kappa shape index (κ1) is 14.8. The first-order valence-corrected chi connectivity index (χ1v) is 7.24. The van der Waals surface area contributed by atoms with Crippen LogP contribution in [0.1, 0.15) is 27.7 Å². The van der Waals surface area contributed by atoms with Crippen LogP contribution in [0.4, 0.5) is 0 Å². The topological polar surface area (TPSA) is 40.8 Å². The Morgan fingerprint density at radius 1 is 1.10 bits per heavy atom. The highest BCUT2D eigenvalue weighted by Gasteiger charge is 2.53. The normalized spacial score (nSPS) is 20.2. The molecule has 0 bridgehead atoms. The van der Waals surface area contributed by atoms with Gasteiger partial charge in [-0.15, -0.1) is 0 Å². The molecule has 0 saturated carbocycles. The van der Waals surface area contributed by atoms with Crippen LogP contribution in [0.15, 0.2) is 22.6 Å². The summed E-state index contributed by atoms with van der Waals surface area (Å²) in [5, 5.41) is 1.16. The molecule has 4 nitrogen and oxygen atoms in total. The Morgan fingerprint density at radius 3 is 2.29 bits per heavy atom. The highest BCUT2D eigenvalue weighted by molar-refractivity contribution is 6.68. The zero-order chi connectivity index (χ0) is 15.4. The molecule has 0 amide bonds. The van der Waals surface area contributed by atoms with E-state index in [-0.39, 0.29) is 5.22 Å². The predicted molar refractivity (Wildman–Crippen MR) is 83.5 cm³/mol. The van der Waals surface area contributed by atoms with Crippen LogP contribution in [0.3, 0.4) is 0 Å². The first-order valence-electron chi connectivity index (χ1n) is 6.87. The van der Waals surface area contributed by atoms with E-state index in [1.807, 2.05) is 39.8 Å². The Hall–Kier alpha value is -1.17. The van der Waals surface area contributed by atoms with Gasteiger partial charge in [0.25, 0.3) is 0 Å². The van der Waals surface area contributed by atoms with Crippen molar-refractivity contribution in [3.63, 3.8) is 0 Å². The van der Waals surface area contributed by atoms with E-state index in [9.17, 15) is 0 Å². The van der Waals surface area contributed by atoms with Crippen LogP contribution in [-0.2, 0) is 9.31 Å². The monoisotopic (exact) mass is 308 g/mol. The fourth-order valence-electron chi connectivity index (χ4n) is 2.37. The van der Waals surface area contributed by atoms with Crippen molar-refractivity contribution in [3.8, 4) is 5.75 Å². The van der Waals surface area contributed by atoms with Gasteiger partial charge in [0, 0.05) is 16.9 Å². The molecule has 6 heteroatoms. The van der Waals surface area contributed by atoms with E-state index in [1.165, 1.54) is 0 Å². The molecular formula is C15H18BClO4. The highest BCUT2D eigenvalue weighted by Crippen LogP contribution is 2.38. The molecule has 0 N–H and O–H groups in total. The van der Waals surface area contributed by atoms with E-state index in [0.29, 0.717) is 11.3 Å². The van der Waals surface area contributed by atoms with Crippen LogP contribution in [0.25, 0.3) is 11.0 Å². The van der Waals surface area contributed by atoms with Gasteiger partial charge >= 0.3 is 7.12 Å². The lowest BCUT2D eigenvalue weighted by Crippen LogP contribution is -2.41. The second kappa shape index (κ2) is 4.67. The summed E-state index contributed by atoms with van der Waals surface area (Å²) >= 11 is 6.26. The van der Waals surface area contributed by atoms with Crippen molar-refractivity contribution in [2.75, 3.05) is 7.11 Å². The number of methoxy groups -OCH3 is 1. The van der Waals surface area contributed by atoms with E-state index in [4.69, 9.17) is 30.1 Å². The van der Waals surface area contributed by atoms with Gasteiger partial charge < -0.3 is 18.5 Å². The summed E-state index contributed by atoms with van der Waals surface area (Å²) in [7, 11) is 1.07. The molecule has 1 aliphatic heterocycles. The second-order valence-corrected chi connectivity index (χ2v) is 6.58. The maximum absolute atomic E-state index is 6.26. The number of hydrogen-bond acceptors (Lipinski definition) is 4. The van der Waals surface area contributed by atoms with Gasteiger partial charge in [0.2, 0.25) is 0 Å². The average Bonchev–Trinajstić information content (AvgIpc) is 2.81. The molecule has 1 saturated heterocycles. The molecule has 2 heterocycles. The third-order valence-corrected chi connectivity index (χ3v) is 4.66. The number of rotatable bonds is 2. The third kappa shape index (κ3) is 2.24. The Balaban J connectivity index is 2.08. The third-order valence-electron chi connectivity index (χ3n) is 4.38. The average molecular weight is 309 g/mol. The molecule has 112 valence electrons. The molecule has 2 aromatic rings. The number of halogens is 1. The van der Waals surface area contributed by atoms with E-state index in [1.54, 1.807) is 13.2 Å². The van der Waals surface area contributed by atoms with Gasteiger partial charge in [0.1, 0.15) is 11.3 Å². The number of furan rings is 1. The van der Waals surface area contributed by atoms with E-state index < -0.39 is 18.3 Å². The summed E-state index contributed by atoms with van der Waals surface area (Å²) in [5.74, 6) is 0.716. The summed E-state index contributed by atoms with van der Waals surface area (Å²) in [6.07, 6.45) is 0. The van der Waals surface area contributed by atoms with Crippen molar-refractivity contribution in [3.05, 3.63) is 23.4 Å². The van der Waals surface area contributed by atoms with Crippen LogP contribution >= 0.6 is 11.6 Å². The molecule has 1 aliphatic rings. The number of ether oxygens (including phenoxy) is 1. The van der Waals surface area contributed by atoms with Gasteiger partial charge in [-0.1, -0.05) is 0 Å². The van der Waals surface area contributed by atoms with E-state index in [2.05, 4.69) is 0 Å². The van der Waals surface area contributed by atoms with Crippen molar-refractivity contribution in [1.82, 2.24) is 0 Å². The molecule has 1 fully saturated rings. The Bertz CT molecular complexity index is 676. The molecule has 0 spiro atoms. The Kier molecular flexibility index (Phi) is 3.28. The molecule has 0 unspecified atom stereocenters. The Labute approximate surface area is 129 Å². The summed E-state index contributed by atoms with van der Waals surface area (Å²) < 4.78 is 22.9. The largest absolute Gasteiger partial charge is 0.500 e. The minimum Gasteiger partial charge on any atom is -0.497 e. The van der Waals surface area contributed by atoms with Crippen molar-refractivity contribution < 1.29 is 18.5 Å². The molecule has 1 aromatic heterocycles. The SMILES string of the molecule is COc1ccc2c(B3OC(C)(C)C(C)(C)O3)c(Cl)oc2c1. The van der Waals surface area contributed by atoms with Gasteiger partial charge in [0.15, 0.2) is 5.22 Å². The Morgan fingerprint density at radius 2 is 1.71 bits per heavy atom. The van der Waals surface area contributed by atoms with Crippen LogP contribution in [-0.4, -0.2) is 25.4 Å². The molecule has 0 atom stereocenters. The molecule has 21 heavy (non-hydrogen) atoms. The van der Waals surface area contributed by atoms with Crippen molar-refractivity contribution in [2.24, 2.45) is 0 Å². The maximum Gasteiger partial charge on any atom is 0.500 e. The molecule has 1 aromatic carbocycles. The second-order valence-electron chi connectivity index (χ2n) is 6.24. The quantitative estimate of drug-likeness (QED) is 0.797. The fourth-order valence-corrected chi connectivity index (χ4v) is 2.65. The highest BCUT2D eigenvalue weighted by atomic mass is 35.5. The lowest BCUT2D eigenvalue weighted by Gasteiger charge is -2.32. The van der Waals surface area contributed by atoms with Gasteiger partial charge in [-0.3, -0.25) is 0 Å². The molecule has 3 rings (SSSR count). The van der Waals surface area contributed by atoms with Gasteiger partial charge in [0.05, 0.1) is 18.3 Å². The fraction of sp³-hybridized carbons (Fsp3) is 0.467. The van der Waals surface area contributed by atoms with E-state index >= 15 is 0 Å². The lowest BCUT2D eigenvalue weighted by atomic mass is 9.79. The van der Waals surface area contributed by atoms with Crippen LogP contribution in [0, 0.1) is 0 Å². The smallest absolute Gasteiger partial charge is 0.497 e. The van der Waals surface area contributed by atoms with Crippen LogP contribution < -0.4 is 10.2 Å². The molecule has 0 aliphatic carbocycles. The van der Waals surface area contributed by atoms with Crippen LogP contribution in [0.5, 0.6) is 5.75 Å². The van der Waals surface area contributed by atoms with Gasteiger partial charge in [-0.25, -0.2) is 0 Å². The number of benzene rings is 1. The van der Waals surface area contributed by atoms with Crippen molar-refractivity contribution in [1.29, 1.82) is 0 Å². The standard InChI is InChI=1S/C15H18BClO4/c1-14(2)15(3,4)21-16(20-14)12-10-7-6-9(18-5)8-11(10)19-13(12)17/h6-8H,1-5H3. The number of fused-ring (bicyclic) bond motifs is 1. The van der Waals surface area contributed by atoms with Crippen molar-refractivity contribution >= 4 is 35.2 Å². The minimum atomic E-state index is -0.544. The maximum atomic E-state index is 6.26. The van der Waals surface area contributed by atoms with E-state index in [0.717, 1.165) is 10.8 Å². The summed E-state index contributed by atoms with van der Waals surface area (Å²) in [5.41, 5.74) is 0.547. The zero-order valence-corrected chi connectivity index (χ0v) is 13.6. The van der Waals surface area contributed by atoms with Crippen molar-refractivity contribution in [2.45, 2.75) is 38.9 Å². The number of hydrogen-bond donors (Lipinski definition) is 0. The van der Waals surface area contributed by atoms with Gasteiger partial charge in [-0.2, -0.15) is 0 Å². The summed E-state index contributed by atoms with van der Waals surface area (Å²) in [4.78, 5) is 0. The minimum absolute atomic E-state index is 0.289. The molecule has 0 radical (unpaired) electrons. The lowest BCUT2D eigenvalue weighted by molar-refractivity contribution is 0.00578. The zero-order valence-electron chi connectivity index (χ0n) is 12.8.